The van der Waals surface area contributed by atoms with E-state index in [1.807, 2.05) is 41.1 Å². The molecular weight excluding hydrogens is 514 g/mol. The summed E-state index contributed by atoms with van der Waals surface area (Å²) in [6.45, 7) is 1.36. The Morgan fingerprint density at radius 3 is 2.97 bits per heavy atom. The lowest BCUT2D eigenvalue weighted by Gasteiger charge is -2.11. The number of hydrogen-bond donors (Lipinski definition) is 1. The molecule has 1 saturated heterocycles. The van der Waals surface area contributed by atoms with Gasteiger partial charge in [-0.3, -0.25) is 14.5 Å². The molecule has 2 aromatic heterocycles. The fourth-order valence-corrected chi connectivity index (χ4v) is 4.99. The Morgan fingerprint density at radius 1 is 1.38 bits per heavy atom. The van der Waals surface area contributed by atoms with E-state index in [2.05, 4.69) is 21.2 Å². The Bertz CT molecular complexity index is 1200. The van der Waals surface area contributed by atoms with Crippen molar-refractivity contribution in [3.05, 3.63) is 63.5 Å². The summed E-state index contributed by atoms with van der Waals surface area (Å²) in [7, 11) is 1.59. The van der Waals surface area contributed by atoms with Crippen molar-refractivity contribution in [2.45, 2.75) is 13.1 Å². The van der Waals surface area contributed by atoms with Gasteiger partial charge in [0, 0.05) is 40.8 Å². The number of carbonyl (C=O) groups excluding carboxylic acids is 2. The van der Waals surface area contributed by atoms with E-state index in [9.17, 15) is 9.59 Å². The monoisotopic (exact) mass is 533 g/mol. The Labute approximate surface area is 202 Å². The number of thiocarbonyl (C=S) groups is 1. The molecule has 0 radical (unpaired) electrons. The number of ether oxygens (including phenoxy) is 1. The third kappa shape index (κ3) is 4.98. The summed E-state index contributed by atoms with van der Waals surface area (Å²) in [4.78, 5) is 27.4. The molecule has 1 aliphatic heterocycles. The zero-order valence-corrected chi connectivity index (χ0v) is 20.4. The molecule has 3 aromatic rings. The first-order valence-electron chi connectivity index (χ1n) is 9.78. The molecule has 1 fully saturated rings. The molecule has 3 heterocycles. The molecule has 32 heavy (non-hydrogen) atoms. The molecule has 1 aromatic carbocycles. The van der Waals surface area contributed by atoms with Crippen molar-refractivity contribution in [1.29, 1.82) is 0 Å². The predicted molar refractivity (Wildman–Crippen MR) is 132 cm³/mol. The smallest absolute Gasteiger partial charge is 0.266 e. The van der Waals surface area contributed by atoms with Gasteiger partial charge in [0.25, 0.3) is 5.91 Å². The molecule has 1 N–H and O–H groups in total. The number of nitrogens with one attached hydrogen (secondary N) is 1. The van der Waals surface area contributed by atoms with Crippen LogP contribution in [0.2, 0.25) is 0 Å². The van der Waals surface area contributed by atoms with Crippen LogP contribution in [0.5, 0.6) is 0 Å². The number of carbonyl (C=O) groups is 2. The molecule has 1 aliphatic rings. The lowest BCUT2D eigenvalue weighted by molar-refractivity contribution is -0.123. The fraction of sp³-hybridized carbons (Fsp3) is 0.227. The molecule has 166 valence electrons. The summed E-state index contributed by atoms with van der Waals surface area (Å²) in [5.41, 5.74) is 1.73. The summed E-state index contributed by atoms with van der Waals surface area (Å²) in [5.74, 6) is 0.394. The molecule has 0 unspecified atom stereocenters. The van der Waals surface area contributed by atoms with E-state index in [0.717, 1.165) is 20.9 Å². The average Bonchev–Trinajstić information content (AvgIpc) is 3.45. The number of amides is 2. The average molecular weight is 534 g/mol. The van der Waals surface area contributed by atoms with Crippen LogP contribution in [-0.4, -0.2) is 45.9 Å². The fourth-order valence-electron chi connectivity index (χ4n) is 3.38. The van der Waals surface area contributed by atoms with Gasteiger partial charge in [-0.15, -0.1) is 0 Å². The summed E-state index contributed by atoms with van der Waals surface area (Å²) < 4.78 is 13.6. The summed E-state index contributed by atoms with van der Waals surface area (Å²) in [6, 6.07) is 9.44. The van der Waals surface area contributed by atoms with Crippen LogP contribution in [0.1, 0.15) is 11.3 Å². The van der Waals surface area contributed by atoms with Gasteiger partial charge in [-0.1, -0.05) is 39.9 Å². The molecule has 10 heteroatoms. The lowest BCUT2D eigenvalue weighted by atomic mass is 10.1. The summed E-state index contributed by atoms with van der Waals surface area (Å²) in [6.07, 6.45) is 5.28. The minimum atomic E-state index is -0.162. The number of nitrogens with zero attached hydrogens (tertiary/aromatic N) is 2. The van der Waals surface area contributed by atoms with Crippen LogP contribution < -0.4 is 5.32 Å². The molecule has 0 spiro atoms. The number of furan rings is 1. The van der Waals surface area contributed by atoms with Gasteiger partial charge in [0.05, 0.1) is 24.3 Å². The van der Waals surface area contributed by atoms with Crippen molar-refractivity contribution in [2.24, 2.45) is 0 Å². The van der Waals surface area contributed by atoms with E-state index in [0.29, 0.717) is 34.7 Å². The van der Waals surface area contributed by atoms with Gasteiger partial charge >= 0.3 is 0 Å². The summed E-state index contributed by atoms with van der Waals surface area (Å²) >= 11 is 10.2. The second kappa shape index (κ2) is 10.0. The van der Waals surface area contributed by atoms with Gasteiger partial charge in [-0.2, -0.15) is 0 Å². The topological polar surface area (TPSA) is 76.7 Å². The van der Waals surface area contributed by atoms with E-state index in [4.69, 9.17) is 21.4 Å². The maximum atomic E-state index is 13.0. The van der Waals surface area contributed by atoms with Gasteiger partial charge in [0.2, 0.25) is 5.91 Å². The highest BCUT2D eigenvalue weighted by molar-refractivity contribution is 9.10. The highest BCUT2D eigenvalue weighted by Crippen LogP contribution is 2.35. The van der Waals surface area contributed by atoms with Crippen LogP contribution in [0.15, 0.2) is 56.6 Å². The highest BCUT2D eigenvalue weighted by Gasteiger charge is 2.32. The van der Waals surface area contributed by atoms with E-state index >= 15 is 0 Å². The number of methoxy groups -OCH3 is 1. The Morgan fingerprint density at radius 2 is 2.22 bits per heavy atom. The van der Waals surface area contributed by atoms with Crippen LogP contribution in [0, 0.1) is 0 Å². The second-order valence-corrected chi connectivity index (χ2v) is 9.66. The van der Waals surface area contributed by atoms with Crippen molar-refractivity contribution >= 4 is 73.0 Å². The molecule has 0 atom stereocenters. The van der Waals surface area contributed by atoms with E-state index in [1.54, 1.807) is 19.4 Å². The Hall–Kier alpha value is -2.40. The second-order valence-electron chi connectivity index (χ2n) is 7.06. The van der Waals surface area contributed by atoms with Gasteiger partial charge in [-0.05, 0) is 36.4 Å². The van der Waals surface area contributed by atoms with Gasteiger partial charge < -0.3 is 19.0 Å². The molecule has 7 nitrogen and oxygen atoms in total. The largest absolute Gasteiger partial charge is 0.467 e. The Kier molecular flexibility index (Phi) is 7.14. The van der Waals surface area contributed by atoms with Crippen LogP contribution in [0.4, 0.5) is 0 Å². The molecule has 2 amide bonds. The van der Waals surface area contributed by atoms with E-state index in [1.165, 1.54) is 16.7 Å². The SMILES string of the molecule is COCCNC(=O)Cn1cc(/C=C2\SC(=S)N(Cc3ccco3)C2=O)c2cc(Br)ccc21. The number of halogens is 1. The molecule has 0 bridgehead atoms. The van der Waals surface area contributed by atoms with Gasteiger partial charge in [0.15, 0.2) is 0 Å². The quantitative estimate of drug-likeness (QED) is 0.266. The van der Waals surface area contributed by atoms with Crippen LogP contribution >= 0.6 is 39.9 Å². The van der Waals surface area contributed by atoms with E-state index < -0.39 is 0 Å². The van der Waals surface area contributed by atoms with Crippen molar-refractivity contribution in [1.82, 2.24) is 14.8 Å². The van der Waals surface area contributed by atoms with Crippen molar-refractivity contribution in [2.75, 3.05) is 20.3 Å². The van der Waals surface area contributed by atoms with Crippen molar-refractivity contribution in [3.63, 3.8) is 0 Å². The van der Waals surface area contributed by atoms with Gasteiger partial charge in [0.1, 0.15) is 16.6 Å². The number of rotatable bonds is 8. The zero-order valence-electron chi connectivity index (χ0n) is 17.2. The maximum absolute atomic E-state index is 13.0. The maximum Gasteiger partial charge on any atom is 0.266 e. The lowest BCUT2D eigenvalue weighted by Crippen LogP contribution is -2.30. The standard InChI is InChI=1S/C22H20BrN3O4S2/c1-29-8-6-24-20(27)13-25-11-14(17-10-15(23)4-5-18(17)25)9-19-21(28)26(22(31)32-19)12-16-3-2-7-30-16/h2-5,7,9-11H,6,8,12-13H2,1H3,(H,24,27)/b19-9-. The summed E-state index contributed by atoms with van der Waals surface area (Å²) in [5, 5.41) is 3.76. The predicted octanol–water partition coefficient (Wildman–Crippen LogP) is 4.16. The highest BCUT2D eigenvalue weighted by atomic mass is 79.9. The number of benzene rings is 1. The number of aromatic nitrogens is 1. The molecule has 0 aliphatic carbocycles. The first-order valence-corrected chi connectivity index (χ1v) is 11.8. The third-order valence-corrected chi connectivity index (χ3v) is 6.74. The van der Waals surface area contributed by atoms with Crippen molar-refractivity contribution < 1.29 is 18.7 Å². The normalized spacial score (nSPS) is 15.3. The first kappa shape index (κ1) is 22.8. The number of thioether (sulfide) groups is 1. The van der Waals surface area contributed by atoms with E-state index in [-0.39, 0.29) is 18.4 Å². The minimum Gasteiger partial charge on any atom is -0.467 e. The van der Waals surface area contributed by atoms with Crippen molar-refractivity contribution in [3.8, 4) is 0 Å². The first-order chi connectivity index (χ1) is 15.5. The van der Waals surface area contributed by atoms with Crippen LogP contribution in [-0.2, 0) is 27.4 Å². The van der Waals surface area contributed by atoms with Gasteiger partial charge in [-0.25, -0.2) is 0 Å². The minimum absolute atomic E-state index is 0.113. The van der Waals surface area contributed by atoms with Crippen LogP contribution in [0.25, 0.3) is 17.0 Å². The Balaban J connectivity index is 1.61. The third-order valence-electron chi connectivity index (χ3n) is 4.87. The molecule has 0 saturated carbocycles. The number of hydrogen-bond acceptors (Lipinski definition) is 6. The van der Waals surface area contributed by atoms with Crippen LogP contribution in [0.3, 0.4) is 0 Å². The zero-order chi connectivity index (χ0) is 22.7. The molecular formula is C22H20BrN3O4S2. The number of fused-ring (bicyclic) bond motifs is 1. The molecule has 4 rings (SSSR count).